The molecule has 6 rings (SSSR count). The van der Waals surface area contributed by atoms with Crippen LogP contribution in [0, 0.1) is 6.92 Å². The summed E-state index contributed by atoms with van der Waals surface area (Å²) in [6, 6.07) is 16.3. The molecule has 1 unspecified atom stereocenters. The Bertz CT molecular complexity index is 1940. The molecule has 0 bridgehead atoms. The lowest BCUT2D eigenvalue weighted by molar-refractivity contribution is -0.286. The predicted octanol–water partition coefficient (Wildman–Crippen LogP) is 5.75. The summed E-state index contributed by atoms with van der Waals surface area (Å²) in [6.45, 7) is 8.03. The first kappa shape index (κ1) is 31.0. The Kier molecular flexibility index (Phi) is 7.26. The second-order valence-electron chi connectivity index (χ2n) is 13.0. The number of anilines is 1. The van der Waals surface area contributed by atoms with Gasteiger partial charge >= 0.3 is 6.29 Å². The predicted molar refractivity (Wildman–Crippen MR) is 162 cm³/mol. The molecule has 2 aliphatic rings. The molecule has 4 aromatic rings. The number of nitrogens with zero attached hydrogens (tertiary/aromatic N) is 1. The second kappa shape index (κ2) is 10.5. The van der Waals surface area contributed by atoms with Gasteiger partial charge in [-0.15, -0.1) is 8.78 Å². The number of alkyl halides is 2. The zero-order valence-electron chi connectivity index (χ0n) is 25.2. The first-order valence-electron chi connectivity index (χ1n) is 14.5. The van der Waals surface area contributed by atoms with Crippen LogP contribution in [0.1, 0.15) is 56.0 Å². The second-order valence-corrected chi connectivity index (χ2v) is 14.3. The molecule has 1 atom stereocenters. The van der Waals surface area contributed by atoms with Crippen LogP contribution in [0.15, 0.2) is 65.6 Å². The molecule has 0 spiro atoms. The molecule has 2 N–H and O–H groups in total. The van der Waals surface area contributed by atoms with Gasteiger partial charge in [-0.3, -0.25) is 4.79 Å². The quantitative estimate of drug-likeness (QED) is 0.235. The van der Waals surface area contributed by atoms with Gasteiger partial charge in [0, 0.05) is 40.7 Å². The normalized spacial score (nSPS) is 17.3. The Balaban J connectivity index is 1.25. The van der Waals surface area contributed by atoms with Crippen molar-refractivity contribution in [3.8, 4) is 11.5 Å². The van der Waals surface area contributed by atoms with Crippen LogP contribution in [0.4, 0.5) is 14.5 Å². The van der Waals surface area contributed by atoms with Crippen molar-refractivity contribution < 1.29 is 41.1 Å². The zero-order chi connectivity index (χ0) is 32.5. The number of aliphatic hydroxyl groups excluding tert-OH is 1. The molecule has 12 heteroatoms. The van der Waals surface area contributed by atoms with E-state index in [0.29, 0.717) is 24.1 Å². The van der Waals surface area contributed by atoms with Crippen LogP contribution in [-0.2, 0) is 38.7 Å². The van der Waals surface area contributed by atoms with E-state index in [0.717, 1.165) is 22.2 Å². The highest BCUT2D eigenvalue weighted by molar-refractivity contribution is 7.85. The molecule has 1 aliphatic heterocycles. The largest absolute Gasteiger partial charge is 0.744 e. The van der Waals surface area contributed by atoms with Crippen molar-refractivity contribution in [1.29, 1.82) is 0 Å². The minimum absolute atomic E-state index is 0.0323. The minimum atomic E-state index is -4.71. The number of rotatable bonds is 8. The van der Waals surface area contributed by atoms with Gasteiger partial charge in [0.15, 0.2) is 11.5 Å². The first-order chi connectivity index (χ1) is 20.9. The van der Waals surface area contributed by atoms with Crippen LogP contribution in [0.25, 0.3) is 10.9 Å². The number of carbonyl (C=O) groups is 1. The highest BCUT2D eigenvalue weighted by atomic mass is 32.2. The van der Waals surface area contributed by atoms with Gasteiger partial charge in [-0.25, -0.2) is 8.42 Å². The van der Waals surface area contributed by atoms with Crippen molar-refractivity contribution in [3.63, 3.8) is 0 Å². The van der Waals surface area contributed by atoms with Crippen LogP contribution in [-0.4, -0.2) is 40.9 Å². The number of hydrogen-bond donors (Lipinski definition) is 2. The molecule has 45 heavy (non-hydrogen) atoms. The maximum atomic E-state index is 13.5. The lowest BCUT2D eigenvalue weighted by atomic mass is 9.92. The maximum absolute atomic E-state index is 13.5. The number of amides is 1. The smallest absolute Gasteiger partial charge is 0.586 e. The van der Waals surface area contributed by atoms with E-state index in [1.165, 1.54) is 18.2 Å². The lowest BCUT2D eigenvalue weighted by Gasteiger charge is -2.24. The van der Waals surface area contributed by atoms with Crippen molar-refractivity contribution in [1.82, 2.24) is 4.57 Å². The number of halogens is 2. The molecule has 1 amide bonds. The topological polar surface area (TPSA) is 130 Å². The summed E-state index contributed by atoms with van der Waals surface area (Å²) in [5.41, 5.74) is 2.67. The van der Waals surface area contributed by atoms with Crippen LogP contribution >= 0.6 is 0 Å². The fourth-order valence-electron chi connectivity index (χ4n) is 6.08. The number of benzene rings is 3. The third-order valence-electron chi connectivity index (χ3n) is 8.40. The molecule has 1 fully saturated rings. The Morgan fingerprint density at radius 1 is 1.04 bits per heavy atom. The van der Waals surface area contributed by atoms with E-state index in [9.17, 15) is 31.7 Å². The van der Waals surface area contributed by atoms with Gasteiger partial charge in [0.1, 0.15) is 10.1 Å². The van der Waals surface area contributed by atoms with Gasteiger partial charge in [0.05, 0.1) is 16.4 Å². The highest BCUT2D eigenvalue weighted by Gasteiger charge is 2.52. The Morgan fingerprint density at radius 2 is 1.76 bits per heavy atom. The van der Waals surface area contributed by atoms with Gasteiger partial charge in [-0.2, -0.15) is 0 Å². The molecule has 1 aliphatic carbocycles. The standard InChI is InChI=1S/C33H34F2N2O7S/c1-19-5-10-28(45(40,41)42)21(13-19)15-24(38)18-37-25-8-7-23(14-20(25)16-29(37)31(2,3)4)36-30(39)32(11-12-32)22-6-9-26-27(17-22)44-33(34,35)43-26/h5-10,13-14,16-17,24,38H,11-12,15,18H2,1-4H3,(H,36,39)(H,40,41,42)/p-1. The lowest BCUT2D eigenvalue weighted by Crippen LogP contribution is -2.28. The van der Waals surface area contributed by atoms with E-state index < -0.39 is 27.9 Å². The molecule has 0 saturated heterocycles. The van der Waals surface area contributed by atoms with Crippen LogP contribution in [0.5, 0.6) is 11.5 Å². The fraction of sp³-hybridized carbons (Fsp3) is 0.364. The van der Waals surface area contributed by atoms with E-state index in [-0.39, 0.29) is 46.2 Å². The first-order valence-corrected chi connectivity index (χ1v) is 16.0. The average Bonchev–Trinajstić information content (AvgIpc) is 3.56. The summed E-state index contributed by atoms with van der Waals surface area (Å²) < 4.78 is 73.6. The number of nitrogens with one attached hydrogen (secondary N) is 1. The minimum Gasteiger partial charge on any atom is -0.744 e. The van der Waals surface area contributed by atoms with Gasteiger partial charge in [-0.05, 0) is 73.4 Å². The van der Waals surface area contributed by atoms with Crippen LogP contribution in [0.2, 0.25) is 0 Å². The number of fused-ring (bicyclic) bond motifs is 2. The van der Waals surface area contributed by atoms with Crippen molar-refractivity contribution >= 4 is 32.6 Å². The van der Waals surface area contributed by atoms with Gasteiger partial charge in [0.25, 0.3) is 0 Å². The van der Waals surface area contributed by atoms with Crippen molar-refractivity contribution in [2.45, 2.75) is 81.6 Å². The molecule has 2 heterocycles. The van der Waals surface area contributed by atoms with Gasteiger partial charge in [-0.1, -0.05) is 44.5 Å². The summed E-state index contributed by atoms with van der Waals surface area (Å²) >= 11 is 0. The Hall–Kier alpha value is -4.00. The van der Waals surface area contributed by atoms with Gasteiger partial charge in [0.2, 0.25) is 5.91 Å². The zero-order valence-corrected chi connectivity index (χ0v) is 26.0. The highest BCUT2D eigenvalue weighted by Crippen LogP contribution is 2.52. The average molecular weight is 640 g/mol. The van der Waals surface area contributed by atoms with E-state index >= 15 is 0 Å². The van der Waals surface area contributed by atoms with E-state index in [1.54, 1.807) is 31.2 Å². The maximum Gasteiger partial charge on any atom is 0.586 e. The fourth-order valence-corrected chi connectivity index (χ4v) is 6.77. The monoisotopic (exact) mass is 639 g/mol. The Morgan fingerprint density at radius 3 is 2.42 bits per heavy atom. The summed E-state index contributed by atoms with van der Waals surface area (Å²) in [6.07, 6.45) is -3.67. The summed E-state index contributed by atoms with van der Waals surface area (Å²) in [5.74, 6) is -0.449. The molecule has 1 saturated carbocycles. The Labute approximate surface area is 259 Å². The van der Waals surface area contributed by atoms with E-state index in [1.807, 2.05) is 43.5 Å². The molecule has 238 valence electrons. The third-order valence-corrected chi connectivity index (χ3v) is 9.34. The van der Waals surface area contributed by atoms with E-state index in [2.05, 4.69) is 14.8 Å². The molecule has 0 radical (unpaired) electrons. The van der Waals surface area contributed by atoms with Crippen LogP contribution in [0.3, 0.4) is 0 Å². The number of aliphatic hydroxyl groups is 1. The SMILES string of the molecule is Cc1ccc(S(=O)(=O)[O-])c(CC(O)Cn2c(C(C)(C)C)cc3cc(NC(=O)C4(c5ccc6c(c5)OC(F)(F)O6)CC4)ccc32)c1. The molecule has 1 aromatic heterocycles. The summed E-state index contributed by atoms with van der Waals surface area (Å²) in [5, 5.41) is 14.9. The summed E-state index contributed by atoms with van der Waals surface area (Å²) in [7, 11) is -4.71. The van der Waals surface area contributed by atoms with Crippen molar-refractivity contribution in [2.24, 2.45) is 0 Å². The molecular weight excluding hydrogens is 606 g/mol. The summed E-state index contributed by atoms with van der Waals surface area (Å²) in [4.78, 5) is 13.2. The molecular formula is C33H33F2N2O7S-. The van der Waals surface area contributed by atoms with Gasteiger partial charge < -0.3 is 29.0 Å². The molecule has 9 nitrogen and oxygen atoms in total. The van der Waals surface area contributed by atoms with E-state index in [4.69, 9.17) is 0 Å². The van der Waals surface area contributed by atoms with Crippen LogP contribution < -0.4 is 14.8 Å². The molecule has 3 aromatic carbocycles. The third kappa shape index (κ3) is 6.01. The van der Waals surface area contributed by atoms with Crippen molar-refractivity contribution in [2.75, 3.05) is 5.32 Å². The number of ether oxygens (including phenoxy) is 2. The number of carbonyl (C=O) groups excluding carboxylic acids is 1. The number of aryl methyl sites for hydroxylation is 1. The van der Waals surface area contributed by atoms with Crippen molar-refractivity contribution in [3.05, 3.63) is 83.0 Å². The number of aromatic nitrogens is 1. The number of hydrogen-bond acceptors (Lipinski definition) is 7.